The number of hydrogen-bond donors (Lipinski definition) is 1. The molecule has 3 nitrogen and oxygen atoms in total. The van der Waals surface area contributed by atoms with Crippen molar-refractivity contribution in [1.82, 2.24) is 5.32 Å². The summed E-state index contributed by atoms with van der Waals surface area (Å²) in [7, 11) is 0. The fourth-order valence-corrected chi connectivity index (χ4v) is 4.00. The third-order valence-corrected chi connectivity index (χ3v) is 4.82. The van der Waals surface area contributed by atoms with Gasteiger partial charge in [-0.25, -0.2) is 0 Å². The van der Waals surface area contributed by atoms with Crippen molar-refractivity contribution in [3.63, 3.8) is 0 Å². The molecule has 3 heteroatoms. The van der Waals surface area contributed by atoms with E-state index in [1.807, 2.05) is 0 Å². The van der Waals surface area contributed by atoms with E-state index in [1.54, 1.807) is 0 Å². The Morgan fingerprint density at radius 3 is 2.57 bits per heavy atom. The van der Waals surface area contributed by atoms with Gasteiger partial charge in [0.1, 0.15) is 0 Å². The second-order valence-electron chi connectivity index (χ2n) is 7.75. The van der Waals surface area contributed by atoms with E-state index in [0.29, 0.717) is 12.1 Å². The van der Waals surface area contributed by atoms with Crippen LogP contribution in [-0.2, 0) is 11.3 Å². The third-order valence-electron chi connectivity index (χ3n) is 4.82. The summed E-state index contributed by atoms with van der Waals surface area (Å²) in [6, 6.07) is 9.68. The summed E-state index contributed by atoms with van der Waals surface area (Å²) in [5.74, 6) is 0. The Morgan fingerprint density at radius 1 is 1.19 bits per heavy atom. The number of ether oxygens (including phenoxy) is 1. The minimum Gasteiger partial charge on any atom is -0.367 e. The second kappa shape index (κ2) is 4.99. The molecular formula is C18H28N2O. The van der Waals surface area contributed by atoms with Gasteiger partial charge in [-0.2, -0.15) is 0 Å². The molecule has 2 heterocycles. The number of para-hydroxylation sites is 1. The lowest BCUT2D eigenvalue weighted by Gasteiger charge is -2.38. The van der Waals surface area contributed by atoms with Crippen LogP contribution in [-0.4, -0.2) is 29.8 Å². The summed E-state index contributed by atoms with van der Waals surface area (Å²) >= 11 is 0. The lowest BCUT2D eigenvalue weighted by Crippen LogP contribution is -2.50. The minimum absolute atomic E-state index is 0.0495. The molecule has 21 heavy (non-hydrogen) atoms. The highest BCUT2D eigenvalue weighted by molar-refractivity contribution is 5.56. The van der Waals surface area contributed by atoms with Crippen LogP contribution < -0.4 is 10.2 Å². The molecule has 0 aliphatic carbocycles. The van der Waals surface area contributed by atoms with Crippen LogP contribution in [0, 0.1) is 0 Å². The van der Waals surface area contributed by atoms with Crippen molar-refractivity contribution >= 4 is 5.69 Å². The van der Waals surface area contributed by atoms with E-state index >= 15 is 0 Å². The highest BCUT2D eigenvalue weighted by Crippen LogP contribution is 2.42. The Labute approximate surface area is 128 Å². The highest BCUT2D eigenvalue weighted by Gasteiger charge is 2.49. The predicted molar refractivity (Wildman–Crippen MR) is 87.7 cm³/mol. The zero-order valence-corrected chi connectivity index (χ0v) is 13.9. The van der Waals surface area contributed by atoms with Gasteiger partial charge < -0.3 is 15.0 Å². The molecule has 1 aromatic rings. The van der Waals surface area contributed by atoms with Gasteiger partial charge in [0.15, 0.2) is 0 Å². The van der Waals surface area contributed by atoms with Crippen molar-refractivity contribution in [1.29, 1.82) is 0 Å². The maximum Gasteiger partial charge on any atom is 0.0837 e. The van der Waals surface area contributed by atoms with E-state index in [2.05, 4.69) is 69.1 Å². The van der Waals surface area contributed by atoms with E-state index in [4.69, 9.17) is 4.74 Å². The molecular weight excluding hydrogens is 260 g/mol. The van der Waals surface area contributed by atoms with Crippen LogP contribution in [0.5, 0.6) is 0 Å². The van der Waals surface area contributed by atoms with E-state index in [0.717, 1.165) is 19.5 Å². The smallest absolute Gasteiger partial charge is 0.0837 e. The first-order valence-corrected chi connectivity index (χ1v) is 8.07. The molecule has 0 aromatic heterocycles. The monoisotopic (exact) mass is 288 g/mol. The number of nitrogens with one attached hydrogen (secondary N) is 1. The summed E-state index contributed by atoms with van der Waals surface area (Å²) in [6.07, 6.45) is 1.07. The summed E-state index contributed by atoms with van der Waals surface area (Å²) in [4.78, 5) is 2.58. The maximum atomic E-state index is 6.33. The van der Waals surface area contributed by atoms with Crippen LogP contribution in [0.25, 0.3) is 0 Å². The number of rotatable bonds is 1. The summed E-state index contributed by atoms with van der Waals surface area (Å²) in [5.41, 5.74) is 2.59. The topological polar surface area (TPSA) is 24.5 Å². The van der Waals surface area contributed by atoms with Crippen molar-refractivity contribution in [2.75, 3.05) is 11.4 Å². The van der Waals surface area contributed by atoms with Gasteiger partial charge in [-0.15, -0.1) is 0 Å². The number of fused-ring (bicyclic) bond motifs is 1. The molecule has 2 aliphatic heterocycles. The minimum atomic E-state index is -0.124. The molecule has 0 amide bonds. The molecule has 116 valence electrons. The van der Waals surface area contributed by atoms with E-state index in [9.17, 15) is 0 Å². The molecule has 2 atom stereocenters. The summed E-state index contributed by atoms with van der Waals surface area (Å²) in [6.45, 7) is 13.1. The van der Waals surface area contributed by atoms with Crippen LogP contribution in [0.4, 0.5) is 5.69 Å². The Morgan fingerprint density at radius 2 is 1.90 bits per heavy atom. The summed E-state index contributed by atoms with van der Waals surface area (Å²) < 4.78 is 6.33. The highest BCUT2D eigenvalue weighted by atomic mass is 16.5. The normalized spacial score (nSPS) is 30.8. The van der Waals surface area contributed by atoms with Crippen LogP contribution in [0.15, 0.2) is 24.3 Å². The van der Waals surface area contributed by atoms with Gasteiger partial charge in [0.25, 0.3) is 0 Å². The number of nitrogens with zero attached hydrogens (tertiary/aromatic N) is 1. The SMILES string of the molecule is CC1CN(C2CC(C)(C)OC2(C)C)c2ccccc2CN1. The van der Waals surface area contributed by atoms with Crippen LogP contribution >= 0.6 is 0 Å². The third kappa shape index (κ3) is 2.82. The molecule has 0 radical (unpaired) electrons. The fraction of sp³-hybridized carbons (Fsp3) is 0.667. The zero-order valence-electron chi connectivity index (χ0n) is 13.9. The van der Waals surface area contributed by atoms with Gasteiger partial charge in [0, 0.05) is 24.8 Å². The standard InChI is InChI=1S/C18H28N2O/c1-13-12-20(15-9-7-6-8-14(15)11-19-13)16-10-17(2,3)21-18(16,4)5/h6-9,13,16,19H,10-12H2,1-5H3. The van der Waals surface area contributed by atoms with Crippen LogP contribution in [0.3, 0.4) is 0 Å². The second-order valence-corrected chi connectivity index (χ2v) is 7.75. The van der Waals surface area contributed by atoms with Crippen molar-refractivity contribution in [3.05, 3.63) is 29.8 Å². The maximum absolute atomic E-state index is 6.33. The largest absolute Gasteiger partial charge is 0.367 e. The molecule has 1 fully saturated rings. The van der Waals surface area contributed by atoms with E-state index in [-0.39, 0.29) is 11.2 Å². The molecule has 1 N–H and O–H groups in total. The predicted octanol–water partition coefficient (Wildman–Crippen LogP) is 3.33. The summed E-state index contributed by atoms with van der Waals surface area (Å²) in [5, 5.41) is 3.62. The average molecular weight is 288 g/mol. The molecule has 0 saturated carbocycles. The van der Waals surface area contributed by atoms with Crippen LogP contribution in [0.1, 0.15) is 46.6 Å². The van der Waals surface area contributed by atoms with Gasteiger partial charge in [-0.3, -0.25) is 0 Å². The Bertz CT molecular complexity index is 524. The van der Waals surface area contributed by atoms with Crippen molar-refractivity contribution < 1.29 is 4.74 Å². The Hall–Kier alpha value is -1.06. The number of hydrogen-bond acceptors (Lipinski definition) is 3. The molecule has 0 bridgehead atoms. The molecule has 2 aliphatic rings. The van der Waals surface area contributed by atoms with Gasteiger partial charge in [0.2, 0.25) is 0 Å². The lowest BCUT2D eigenvalue weighted by molar-refractivity contribution is -0.0679. The molecule has 1 saturated heterocycles. The van der Waals surface area contributed by atoms with Crippen molar-refractivity contribution in [2.24, 2.45) is 0 Å². The number of anilines is 1. The Balaban J connectivity index is 2.00. The first-order valence-electron chi connectivity index (χ1n) is 8.07. The van der Waals surface area contributed by atoms with E-state index < -0.39 is 0 Å². The molecule has 3 rings (SSSR count). The first-order chi connectivity index (χ1) is 9.78. The lowest BCUT2D eigenvalue weighted by atomic mass is 9.92. The first kappa shape index (κ1) is 14.9. The van der Waals surface area contributed by atoms with Crippen molar-refractivity contribution in [3.8, 4) is 0 Å². The zero-order chi connectivity index (χ0) is 15.3. The molecule has 1 aromatic carbocycles. The van der Waals surface area contributed by atoms with Gasteiger partial charge in [-0.05, 0) is 52.7 Å². The van der Waals surface area contributed by atoms with Gasteiger partial charge >= 0.3 is 0 Å². The van der Waals surface area contributed by atoms with Gasteiger partial charge in [-0.1, -0.05) is 18.2 Å². The fourth-order valence-electron chi connectivity index (χ4n) is 4.00. The number of benzene rings is 1. The average Bonchev–Trinajstić information content (AvgIpc) is 2.53. The Kier molecular flexibility index (Phi) is 3.53. The van der Waals surface area contributed by atoms with Crippen molar-refractivity contribution in [2.45, 2.75) is 70.9 Å². The van der Waals surface area contributed by atoms with Gasteiger partial charge in [0.05, 0.1) is 17.2 Å². The molecule has 2 unspecified atom stereocenters. The van der Waals surface area contributed by atoms with Crippen LogP contribution in [0.2, 0.25) is 0 Å². The molecule has 0 spiro atoms. The van der Waals surface area contributed by atoms with E-state index in [1.165, 1.54) is 11.3 Å². The quantitative estimate of drug-likeness (QED) is 0.858.